The predicted molar refractivity (Wildman–Crippen MR) is 209 cm³/mol. The van der Waals surface area contributed by atoms with Crippen LogP contribution in [-0.2, 0) is 32.5 Å². The van der Waals surface area contributed by atoms with Crippen LogP contribution >= 0.6 is 24.4 Å². The first kappa shape index (κ1) is 43.7. The van der Waals surface area contributed by atoms with Gasteiger partial charge in [-0.05, 0) is 38.1 Å². The molecule has 0 saturated carbocycles. The van der Waals surface area contributed by atoms with Gasteiger partial charge in [0.1, 0.15) is 57.5 Å². The Morgan fingerprint density at radius 1 is 0.611 bits per heavy atom. The van der Waals surface area contributed by atoms with Crippen molar-refractivity contribution in [1.82, 2.24) is 19.9 Å². The van der Waals surface area contributed by atoms with Crippen molar-refractivity contribution >= 4 is 65.5 Å². The molecule has 0 fully saturated rings. The molecule has 292 valence electrons. The lowest BCUT2D eigenvalue weighted by atomic mass is 10.2. The fourth-order valence-electron chi connectivity index (χ4n) is 4.61. The SMILES string of the molecule is COc1cccc(OC)c1NC(=S)CS(=O)(=O)[C@@H](C)Cc1ncc(F)cn1.COc1cccc(OC)c1NC(=S)CS(=O)(=O)[C@H](C)Cc1ncc(F)cn1. The maximum Gasteiger partial charge on any atom is 0.159 e. The third-order valence-corrected chi connectivity index (χ3v) is 12.6. The van der Waals surface area contributed by atoms with E-state index in [1.807, 2.05) is 0 Å². The van der Waals surface area contributed by atoms with Crippen LogP contribution in [0.15, 0.2) is 61.2 Å². The van der Waals surface area contributed by atoms with E-state index in [-0.39, 0.29) is 46.0 Å². The van der Waals surface area contributed by atoms with Gasteiger partial charge in [-0.1, -0.05) is 36.6 Å². The van der Waals surface area contributed by atoms with Crippen molar-refractivity contribution in [3.63, 3.8) is 0 Å². The Balaban J connectivity index is 0.000000290. The number of hydrogen-bond donors (Lipinski definition) is 2. The van der Waals surface area contributed by atoms with Gasteiger partial charge >= 0.3 is 0 Å². The highest BCUT2D eigenvalue weighted by atomic mass is 32.2. The van der Waals surface area contributed by atoms with Crippen molar-refractivity contribution in [3.8, 4) is 23.0 Å². The first-order chi connectivity index (χ1) is 25.5. The summed E-state index contributed by atoms with van der Waals surface area (Å²) >= 11 is 10.4. The molecule has 0 aliphatic heterocycles. The molecular weight excluding hydrogens is 787 g/mol. The van der Waals surface area contributed by atoms with Gasteiger partial charge in [0.2, 0.25) is 0 Å². The first-order valence-electron chi connectivity index (χ1n) is 15.9. The highest BCUT2D eigenvalue weighted by Crippen LogP contribution is 2.35. The maximum atomic E-state index is 12.9. The number of ether oxygens (including phenoxy) is 4. The molecule has 0 bridgehead atoms. The lowest BCUT2D eigenvalue weighted by Crippen LogP contribution is -2.30. The molecule has 2 N–H and O–H groups in total. The second-order valence-electron chi connectivity index (χ2n) is 11.5. The van der Waals surface area contributed by atoms with Crippen LogP contribution in [0.3, 0.4) is 0 Å². The fraction of sp³-hybridized carbons (Fsp3) is 0.353. The number of sulfone groups is 2. The van der Waals surface area contributed by atoms with Crippen LogP contribution in [0.2, 0.25) is 0 Å². The van der Waals surface area contributed by atoms with Gasteiger partial charge in [-0.15, -0.1) is 0 Å². The van der Waals surface area contributed by atoms with Crippen LogP contribution < -0.4 is 29.6 Å². The van der Waals surface area contributed by atoms with Crippen molar-refractivity contribution in [2.45, 2.75) is 37.2 Å². The number of anilines is 2. The second-order valence-corrected chi connectivity index (χ2v) is 17.3. The minimum absolute atomic E-state index is 0.0587. The van der Waals surface area contributed by atoms with Crippen LogP contribution in [0.5, 0.6) is 23.0 Å². The Morgan fingerprint density at radius 2 is 0.889 bits per heavy atom. The zero-order valence-electron chi connectivity index (χ0n) is 30.2. The Bertz CT molecular complexity index is 1920. The predicted octanol–water partition coefficient (Wildman–Crippen LogP) is 4.84. The maximum absolute atomic E-state index is 12.9. The molecule has 0 aliphatic carbocycles. The van der Waals surface area contributed by atoms with E-state index >= 15 is 0 Å². The van der Waals surface area contributed by atoms with E-state index in [1.165, 1.54) is 42.3 Å². The molecule has 4 aromatic rings. The molecule has 0 amide bonds. The molecule has 20 heteroatoms. The van der Waals surface area contributed by atoms with Crippen molar-refractivity contribution < 1.29 is 44.6 Å². The molecule has 14 nitrogen and oxygen atoms in total. The third kappa shape index (κ3) is 12.7. The Morgan fingerprint density at radius 3 is 1.15 bits per heavy atom. The minimum Gasteiger partial charge on any atom is -0.494 e. The summed E-state index contributed by atoms with van der Waals surface area (Å²) in [5.74, 6) is 0.497. The Kier molecular flexibility index (Phi) is 16.3. The van der Waals surface area contributed by atoms with E-state index in [0.717, 1.165) is 24.8 Å². The topological polar surface area (TPSA) is 181 Å². The molecule has 2 heterocycles. The average Bonchev–Trinajstić information content (AvgIpc) is 3.13. The Labute approximate surface area is 323 Å². The quantitative estimate of drug-likeness (QED) is 0.146. The standard InChI is InChI=1S/2C17H20FN3O4S2/c2*1-11(7-15-19-8-12(18)9-20-15)27(22,23)10-16(26)21-17-13(24-2)5-4-6-14(17)25-3/h2*4-6,8-9,11H,7,10H2,1-3H3,(H,21,26)/t2*11-/m10/s1. The van der Waals surface area contributed by atoms with Crippen molar-refractivity contribution in [1.29, 1.82) is 0 Å². The summed E-state index contributed by atoms with van der Waals surface area (Å²) in [7, 11) is -1.21. The van der Waals surface area contributed by atoms with Gasteiger partial charge in [0.05, 0.1) is 73.7 Å². The molecule has 2 atom stereocenters. The van der Waals surface area contributed by atoms with Gasteiger partial charge in [-0.25, -0.2) is 45.6 Å². The van der Waals surface area contributed by atoms with Gasteiger partial charge in [0.15, 0.2) is 31.3 Å². The van der Waals surface area contributed by atoms with Gasteiger partial charge in [-0.3, -0.25) is 0 Å². The molecule has 0 saturated heterocycles. The second kappa shape index (κ2) is 20.1. The van der Waals surface area contributed by atoms with E-state index < -0.39 is 41.8 Å². The highest BCUT2D eigenvalue weighted by molar-refractivity contribution is 7.95. The molecule has 54 heavy (non-hydrogen) atoms. The molecule has 4 rings (SSSR count). The zero-order valence-corrected chi connectivity index (χ0v) is 33.5. The van der Waals surface area contributed by atoms with E-state index in [0.29, 0.717) is 34.4 Å². The number of nitrogens with one attached hydrogen (secondary N) is 2. The van der Waals surface area contributed by atoms with Crippen molar-refractivity contribution in [2.24, 2.45) is 0 Å². The van der Waals surface area contributed by atoms with E-state index in [4.69, 9.17) is 43.4 Å². The number of hydrogen-bond acceptors (Lipinski definition) is 14. The van der Waals surface area contributed by atoms with Crippen LogP contribution in [0.1, 0.15) is 25.5 Å². The normalized spacial score (nSPS) is 12.3. The lowest BCUT2D eigenvalue weighted by Gasteiger charge is -2.17. The molecular formula is C34H40F2N6O8S4. The summed E-state index contributed by atoms with van der Waals surface area (Å²) in [6.07, 6.45) is 4.12. The largest absolute Gasteiger partial charge is 0.494 e. The molecule has 0 aliphatic rings. The average molecular weight is 827 g/mol. The summed E-state index contributed by atoms with van der Waals surface area (Å²) in [5.41, 5.74) is 0.912. The molecule has 0 unspecified atom stereocenters. The summed E-state index contributed by atoms with van der Waals surface area (Å²) in [4.78, 5) is 15.4. The van der Waals surface area contributed by atoms with Crippen molar-refractivity contribution in [2.75, 3.05) is 50.6 Å². The number of halogens is 2. The lowest BCUT2D eigenvalue weighted by molar-refractivity contribution is 0.398. The molecule has 2 aromatic carbocycles. The van der Waals surface area contributed by atoms with Crippen LogP contribution in [0.4, 0.5) is 20.2 Å². The van der Waals surface area contributed by atoms with Gasteiger partial charge in [0, 0.05) is 12.8 Å². The monoisotopic (exact) mass is 826 g/mol. The fourth-order valence-corrected chi connectivity index (χ4v) is 8.05. The molecule has 0 radical (unpaired) electrons. The van der Waals surface area contributed by atoms with Crippen LogP contribution in [-0.4, -0.2) is 97.2 Å². The third-order valence-electron chi connectivity index (χ3n) is 7.56. The minimum atomic E-state index is -3.59. The van der Waals surface area contributed by atoms with E-state index in [1.54, 1.807) is 36.4 Å². The first-order valence-corrected chi connectivity index (χ1v) is 20.2. The number of thiocarbonyl (C=S) groups is 2. The molecule has 2 aromatic heterocycles. The number of para-hydroxylation sites is 2. The smallest absolute Gasteiger partial charge is 0.159 e. The van der Waals surface area contributed by atoms with Gasteiger partial charge < -0.3 is 29.6 Å². The van der Waals surface area contributed by atoms with Crippen molar-refractivity contribution in [3.05, 3.63) is 84.5 Å². The number of benzene rings is 2. The number of methoxy groups -OCH3 is 4. The summed E-state index contributed by atoms with van der Waals surface area (Å²) in [6, 6.07) is 10.3. The number of aromatic nitrogens is 4. The summed E-state index contributed by atoms with van der Waals surface area (Å²) in [6.45, 7) is 3.07. The van der Waals surface area contributed by atoms with Crippen LogP contribution in [0, 0.1) is 11.6 Å². The summed E-state index contributed by atoms with van der Waals surface area (Å²) in [5, 5.41) is 4.19. The Hall–Kier alpha value is -4.66. The van der Waals surface area contributed by atoms with Crippen LogP contribution in [0.25, 0.3) is 0 Å². The zero-order chi connectivity index (χ0) is 40.1. The van der Waals surface area contributed by atoms with Gasteiger partial charge in [0.25, 0.3) is 0 Å². The molecule has 0 spiro atoms. The number of nitrogens with zero attached hydrogens (tertiary/aromatic N) is 4. The highest BCUT2D eigenvalue weighted by Gasteiger charge is 2.26. The van der Waals surface area contributed by atoms with E-state index in [9.17, 15) is 25.6 Å². The van der Waals surface area contributed by atoms with Gasteiger partial charge in [-0.2, -0.15) is 0 Å². The summed E-state index contributed by atoms with van der Waals surface area (Å²) < 4.78 is 97.1. The van der Waals surface area contributed by atoms with E-state index in [2.05, 4.69) is 30.6 Å². The number of rotatable bonds is 16.